The minimum atomic E-state index is -0.357. The maximum Gasteiger partial charge on any atom is 0.251 e. The average molecular weight is 408 g/mol. The molecule has 2 aliphatic rings. The molecule has 0 aromatic heterocycles. The quantitative estimate of drug-likeness (QED) is 0.791. The Bertz CT molecular complexity index is 940. The summed E-state index contributed by atoms with van der Waals surface area (Å²) >= 11 is 0. The molecule has 6 heteroatoms. The number of fused-ring (bicyclic) bond motifs is 1. The highest BCUT2D eigenvalue weighted by molar-refractivity contribution is 5.94. The molecule has 2 amide bonds. The summed E-state index contributed by atoms with van der Waals surface area (Å²) in [6.45, 7) is 5.85. The first-order chi connectivity index (χ1) is 14.4. The zero-order valence-corrected chi connectivity index (χ0v) is 17.5. The fourth-order valence-electron chi connectivity index (χ4n) is 4.11. The molecule has 0 bridgehead atoms. The molecule has 1 N–H and O–H groups in total. The van der Waals surface area contributed by atoms with E-state index in [1.807, 2.05) is 55.1 Å². The van der Waals surface area contributed by atoms with Gasteiger partial charge in [-0.15, -0.1) is 0 Å². The van der Waals surface area contributed by atoms with Crippen LogP contribution in [-0.4, -0.2) is 42.0 Å². The number of carbonyl (C=O) groups is 2. The van der Waals surface area contributed by atoms with E-state index in [1.165, 1.54) is 0 Å². The third kappa shape index (κ3) is 4.58. The van der Waals surface area contributed by atoms with E-state index in [0.717, 1.165) is 24.3 Å². The summed E-state index contributed by atoms with van der Waals surface area (Å²) in [5, 5.41) is 3.15. The van der Waals surface area contributed by atoms with E-state index in [1.54, 1.807) is 12.1 Å². The standard InChI is InChI=1S/C24H28N2O4/c1-24(2)16-20(19-9-3-4-10-21(19)30-24)25-23(28)17-7-5-8-18(15-17)29-14-13-26-12-6-11-22(26)27/h3-5,7-10,15,20H,6,11-14,16H2,1-2H3,(H,25,28). The van der Waals surface area contributed by atoms with Gasteiger partial charge in [0.25, 0.3) is 5.91 Å². The Morgan fingerprint density at radius 3 is 2.87 bits per heavy atom. The number of nitrogens with one attached hydrogen (secondary N) is 1. The molecule has 158 valence electrons. The number of hydrogen-bond donors (Lipinski definition) is 1. The lowest BCUT2D eigenvalue weighted by atomic mass is 9.89. The van der Waals surface area contributed by atoms with Crippen molar-refractivity contribution in [2.45, 2.75) is 44.8 Å². The van der Waals surface area contributed by atoms with Crippen LogP contribution >= 0.6 is 0 Å². The van der Waals surface area contributed by atoms with Gasteiger partial charge in [-0.3, -0.25) is 9.59 Å². The van der Waals surface area contributed by atoms with Gasteiger partial charge in [0.15, 0.2) is 0 Å². The van der Waals surface area contributed by atoms with E-state index in [9.17, 15) is 9.59 Å². The largest absolute Gasteiger partial charge is 0.492 e. The lowest BCUT2D eigenvalue weighted by molar-refractivity contribution is -0.128. The Hall–Kier alpha value is -3.02. The second-order valence-corrected chi connectivity index (χ2v) is 8.49. The maximum atomic E-state index is 13.0. The van der Waals surface area contributed by atoms with Crippen molar-refractivity contribution >= 4 is 11.8 Å². The Morgan fingerprint density at radius 2 is 2.07 bits per heavy atom. The second kappa shape index (κ2) is 8.38. The third-order valence-electron chi connectivity index (χ3n) is 5.58. The summed E-state index contributed by atoms with van der Waals surface area (Å²) in [6.07, 6.45) is 2.23. The van der Waals surface area contributed by atoms with E-state index < -0.39 is 0 Å². The highest BCUT2D eigenvalue weighted by atomic mass is 16.5. The number of hydrogen-bond acceptors (Lipinski definition) is 4. The lowest BCUT2D eigenvalue weighted by Crippen LogP contribution is -2.41. The summed E-state index contributed by atoms with van der Waals surface area (Å²) in [4.78, 5) is 26.5. The molecule has 1 fully saturated rings. The van der Waals surface area contributed by atoms with Crippen molar-refractivity contribution in [3.05, 3.63) is 59.7 Å². The number of benzene rings is 2. The summed E-state index contributed by atoms with van der Waals surface area (Å²) < 4.78 is 11.8. The molecule has 30 heavy (non-hydrogen) atoms. The summed E-state index contributed by atoms with van der Waals surface area (Å²) in [7, 11) is 0. The van der Waals surface area contributed by atoms with Crippen LogP contribution in [0.2, 0.25) is 0 Å². The zero-order chi connectivity index (χ0) is 21.1. The minimum absolute atomic E-state index is 0.122. The van der Waals surface area contributed by atoms with Crippen LogP contribution in [0.25, 0.3) is 0 Å². The molecule has 0 radical (unpaired) electrons. The first-order valence-electron chi connectivity index (χ1n) is 10.5. The van der Waals surface area contributed by atoms with E-state index >= 15 is 0 Å². The molecule has 2 aromatic carbocycles. The van der Waals surface area contributed by atoms with E-state index in [-0.39, 0.29) is 23.5 Å². The van der Waals surface area contributed by atoms with Crippen LogP contribution in [0.5, 0.6) is 11.5 Å². The third-order valence-corrected chi connectivity index (χ3v) is 5.58. The fourth-order valence-corrected chi connectivity index (χ4v) is 4.11. The van der Waals surface area contributed by atoms with Crippen molar-refractivity contribution in [2.75, 3.05) is 19.7 Å². The molecular formula is C24H28N2O4. The molecular weight excluding hydrogens is 380 g/mol. The molecule has 2 aliphatic heterocycles. The molecule has 1 atom stereocenters. The topological polar surface area (TPSA) is 67.9 Å². The number of amides is 2. The summed E-state index contributed by atoms with van der Waals surface area (Å²) in [6, 6.07) is 14.9. The number of ether oxygens (including phenoxy) is 2. The van der Waals surface area contributed by atoms with Gasteiger partial charge in [-0.25, -0.2) is 0 Å². The number of likely N-dealkylation sites (tertiary alicyclic amines) is 1. The van der Waals surface area contributed by atoms with Gasteiger partial charge in [0.1, 0.15) is 23.7 Å². The van der Waals surface area contributed by atoms with Gasteiger partial charge in [-0.2, -0.15) is 0 Å². The molecule has 4 rings (SSSR count). The predicted octanol–water partition coefficient (Wildman–Crippen LogP) is 3.72. The molecule has 6 nitrogen and oxygen atoms in total. The van der Waals surface area contributed by atoms with Gasteiger partial charge >= 0.3 is 0 Å². The monoisotopic (exact) mass is 408 g/mol. The Morgan fingerprint density at radius 1 is 1.23 bits per heavy atom. The predicted molar refractivity (Wildman–Crippen MR) is 114 cm³/mol. The Kier molecular flexibility index (Phi) is 5.66. The average Bonchev–Trinajstić information content (AvgIpc) is 3.12. The Labute approximate surface area is 177 Å². The zero-order valence-electron chi connectivity index (χ0n) is 17.5. The van der Waals surface area contributed by atoms with Gasteiger partial charge in [-0.1, -0.05) is 24.3 Å². The molecule has 1 unspecified atom stereocenters. The van der Waals surface area contributed by atoms with Gasteiger partial charge in [0, 0.05) is 30.5 Å². The van der Waals surface area contributed by atoms with Crippen LogP contribution in [0.4, 0.5) is 0 Å². The fraction of sp³-hybridized carbons (Fsp3) is 0.417. The van der Waals surface area contributed by atoms with Gasteiger partial charge in [-0.05, 0) is 44.5 Å². The number of nitrogens with zero attached hydrogens (tertiary/aromatic N) is 1. The summed E-state index contributed by atoms with van der Waals surface area (Å²) in [5.74, 6) is 1.48. The molecule has 0 aliphatic carbocycles. The Balaban J connectivity index is 1.40. The van der Waals surface area contributed by atoms with Crippen LogP contribution in [0.15, 0.2) is 48.5 Å². The minimum Gasteiger partial charge on any atom is -0.492 e. The van der Waals surface area contributed by atoms with Crippen molar-refractivity contribution in [1.29, 1.82) is 0 Å². The molecule has 2 heterocycles. The highest BCUT2D eigenvalue weighted by Crippen LogP contribution is 2.39. The van der Waals surface area contributed by atoms with Gasteiger partial charge < -0.3 is 19.7 Å². The van der Waals surface area contributed by atoms with Crippen molar-refractivity contribution in [2.24, 2.45) is 0 Å². The second-order valence-electron chi connectivity index (χ2n) is 8.49. The van der Waals surface area contributed by atoms with Crippen LogP contribution in [-0.2, 0) is 4.79 Å². The lowest BCUT2D eigenvalue weighted by Gasteiger charge is -2.37. The molecule has 1 saturated heterocycles. The van der Waals surface area contributed by atoms with Crippen LogP contribution in [0, 0.1) is 0 Å². The van der Waals surface area contributed by atoms with E-state index in [4.69, 9.17) is 9.47 Å². The molecule has 0 saturated carbocycles. The van der Waals surface area contributed by atoms with E-state index in [2.05, 4.69) is 5.32 Å². The first kappa shape index (κ1) is 20.3. The van der Waals surface area contributed by atoms with Gasteiger partial charge in [0.2, 0.25) is 5.91 Å². The normalized spacial score (nSPS) is 19.7. The van der Waals surface area contributed by atoms with Crippen molar-refractivity contribution < 1.29 is 19.1 Å². The highest BCUT2D eigenvalue weighted by Gasteiger charge is 2.34. The van der Waals surface area contributed by atoms with Crippen molar-refractivity contribution in [3.63, 3.8) is 0 Å². The van der Waals surface area contributed by atoms with E-state index in [0.29, 0.717) is 37.3 Å². The van der Waals surface area contributed by atoms with Crippen LogP contribution in [0.3, 0.4) is 0 Å². The number of rotatable bonds is 6. The van der Waals surface area contributed by atoms with Crippen LogP contribution in [0.1, 0.15) is 55.1 Å². The van der Waals surface area contributed by atoms with Crippen molar-refractivity contribution in [1.82, 2.24) is 10.2 Å². The maximum absolute atomic E-state index is 13.0. The molecule has 0 spiro atoms. The van der Waals surface area contributed by atoms with Crippen LogP contribution < -0.4 is 14.8 Å². The SMILES string of the molecule is CC1(C)CC(NC(=O)c2cccc(OCCN3CCCC3=O)c2)c2ccccc2O1. The van der Waals surface area contributed by atoms with Crippen molar-refractivity contribution in [3.8, 4) is 11.5 Å². The first-order valence-corrected chi connectivity index (χ1v) is 10.5. The molecule has 2 aromatic rings. The smallest absolute Gasteiger partial charge is 0.251 e. The van der Waals surface area contributed by atoms with Gasteiger partial charge in [0.05, 0.1) is 12.6 Å². The summed E-state index contributed by atoms with van der Waals surface area (Å²) in [5.41, 5.74) is 1.18. The number of para-hydroxylation sites is 1. The number of carbonyl (C=O) groups excluding carboxylic acids is 2.